The molecule has 0 amide bonds. The molecular weight excluding hydrogens is 396 g/mol. The van der Waals surface area contributed by atoms with Gasteiger partial charge in [-0.15, -0.1) is 10.2 Å². The number of carbonyl (C=O) groups is 1. The van der Waals surface area contributed by atoms with Gasteiger partial charge in [-0.3, -0.25) is 4.79 Å². The van der Waals surface area contributed by atoms with E-state index in [0.717, 1.165) is 34.3 Å². The largest absolute Gasteiger partial charge is 0.425 e. The number of esters is 1. The molecule has 0 aliphatic rings. The predicted octanol–water partition coefficient (Wildman–Crippen LogP) is 4.08. The Morgan fingerprint density at radius 3 is 2.39 bits per heavy atom. The topological polar surface area (TPSA) is 91.0 Å². The van der Waals surface area contributed by atoms with Gasteiger partial charge in [-0.1, -0.05) is 41.7 Å². The molecule has 0 fully saturated rings. The van der Waals surface area contributed by atoms with E-state index in [1.54, 1.807) is 0 Å². The molecule has 9 heteroatoms. The van der Waals surface area contributed by atoms with Crippen molar-refractivity contribution in [1.29, 1.82) is 0 Å². The molecule has 0 aliphatic heterocycles. The van der Waals surface area contributed by atoms with E-state index in [4.69, 9.17) is 9.15 Å². The third kappa shape index (κ3) is 5.56. The van der Waals surface area contributed by atoms with Crippen LogP contribution in [0.1, 0.15) is 28.4 Å². The van der Waals surface area contributed by atoms with Crippen molar-refractivity contribution in [3.8, 4) is 5.75 Å². The van der Waals surface area contributed by atoms with Crippen LogP contribution in [0.2, 0.25) is 0 Å². The molecule has 0 bridgehead atoms. The van der Waals surface area contributed by atoms with Gasteiger partial charge in [0.15, 0.2) is 5.16 Å². The minimum Gasteiger partial charge on any atom is -0.425 e. The summed E-state index contributed by atoms with van der Waals surface area (Å²) >= 11 is 2.58. The monoisotopic (exact) mass is 416 g/mol. The zero-order valence-corrected chi connectivity index (χ0v) is 17.7. The molecule has 0 unspecified atom stereocenters. The summed E-state index contributed by atoms with van der Waals surface area (Å²) in [5.74, 6) is 1.24. The summed E-state index contributed by atoms with van der Waals surface area (Å²) in [4.78, 5) is 20.8. The molecule has 0 saturated carbocycles. The van der Waals surface area contributed by atoms with Crippen molar-refractivity contribution in [3.05, 3.63) is 52.7 Å². The minimum atomic E-state index is -0.361. The van der Waals surface area contributed by atoms with E-state index >= 15 is 0 Å². The number of ether oxygens (including phenoxy) is 1. The Morgan fingerprint density at radius 2 is 1.71 bits per heavy atom. The van der Waals surface area contributed by atoms with Crippen molar-refractivity contribution >= 4 is 29.5 Å². The van der Waals surface area contributed by atoms with E-state index < -0.39 is 0 Å². The minimum absolute atomic E-state index is 0.0860. The quantitative estimate of drug-likeness (QED) is 0.244. The maximum absolute atomic E-state index is 12.1. The van der Waals surface area contributed by atoms with Gasteiger partial charge in [0.1, 0.15) is 11.5 Å². The van der Waals surface area contributed by atoms with Crippen molar-refractivity contribution in [2.45, 2.75) is 43.8 Å². The van der Waals surface area contributed by atoms with Crippen LogP contribution < -0.4 is 4.74 Å². The Balaban J connectivity index is 1.51. The number of carbonyl (C=O) groups excluding carboxylic acids is 1. The Labute approximate surface area is 171 Å². The zero-order chi connectivity index (χ0) is 20.1. The average molecular weight is 417 g/mol. The average Bonchev–Trinajstić information content (AvgIpc) is 3.09. The summed E-state index contributed by atoms with van der Waals surface area (Å²) in [6, 6.07) is 7.66. The molecule has 2 aromatic heterocycles. The van der Waals surface area contributed by atoms with E-state index in [0.29, 0.717) is 27.8 Å². The number of hydrogen-bond donors (Lipinski definition) is 0. The predicted molar refractivity (Wildman–Crippen MR) is 108 cm³/mol. The molecule has 146 valence electrons. The van der Waals surface area contributed by atoms with Gasteiger partial charge in [0.25, 0.3) is 5.22 Å². The molecule has 2 heterocycles. The molecular formula is C19H20N4O3S2. The van der Waals surface area contributed by atoms with E-state index in [-0.39, 0.29) is 11.7 Å². The van der Waals surface area contributed by atoms with E-state index in [1.807, 2.05) is 52.0 Å². The fourth-order valence-corrected chi connectivity index (χ4v) is 3.80. The lowest BCUT2D eigenvalue weighted by molar-refractivity contribution is -0.131. The highest BCUT2D eigenvalue weighted by Gasteiger charge is 2.14. The lowest BCUT2D eigenvalue weighted by atomic mass is 10.1. The number of aryl methyl sites for hydroxylation is 4. The second-order valence-corrected chi connectivity index (χ2v) is 8.04. The van der Waals surface area contributed by atoms with Crippen LogP contribution in [-0.4, -0.2) is 31.9 Å². The van der Waals surface area contributed by atoms with Crippen molar-refractivity contribution in [2.24, 2.45) is 0 Å². The number of para-hydroxylation sites is 1. The smallest absolute Gasteiger partial charge is 0.321 e. The maximum atomic E-state index is 12.1. The summed E-state index contributed by atoms with van der Waals surface area (Å²) in [6.45, 7) is 7.67. The SMILES string of the molecule is Cc1cc(C)nc(SCc2nnc(SCC(=O)Oc3c(C)cccc3C)o2)n1. The summed E-state index contributed by atoms with van der Waals surface area (Å²) in [5, 5.41) is 8.96. The molecule has 0 aliphatic carbocycles. The van der Waals surface area contributed by atoms with Crippen LogP contribution in [-0.2, 0) is 10.5 Å². The summed E-state index contributed by atoms with van der Waals surface area (Å²) in [7, 11) is 0. The number of benzene rings is 1. The van der Waals surface area contributed by atoms with E-state index in [1.165, 1.54) is 11.8 Å². The zero-order valence-electron chi connectivity index (χ0n) is 16.1. The number of nitrogens with zero attached hydrogens (tertiary/aromatic N) is 4. The molecule has 0 saturated heterocycles. The first-order valence-electron chi connectivity index (χ1n) is 8.58. The van der Waals surface area contributed by atoms with Gasteiger partial charge in [-0.25, -0.2) is 9.97 Å². The first kappa shape index (κ1) is 20.3. The van der Waals surface area contributed by atoms with Gasteiger partial charge in [0, 0.05) is 11.4 Å². The van der Waals surface area contributed by atoms with Gasteiger partial charge in [0.05, 0.1) is 5.75 Å². The van der Waals surface area contributed by atoms with Crippen molar-refractivity contribution < 1.29 is 13.9 Å². The Morgan fingerprint density at radius 1 is 1.04 bits per heavy atom. The second-order valence-electron chi connectivity index (χ2n) is 6.17. The van der Waals surface area contributed by atoms with Crippen LogP contribution in [0.4, 0.5) is 0 Å². The van der Waals surface area contributed by atoms with Gasteiger partial charge in [-0.05, 0) is 44.9 Å². The van der Waals surface area contributed by atoms with E-state index in [9.17, 15) is 4.79 Å². The molecule has 3 rings (SSSR count). The summed E-state index contributed by atoms with van der Waals surface area (Å²) in [6.07, 6.45) is 0. The molecule has 0 N–H and O–H groups in total. The fourth-order valence-electron chi connectivity index (χ4n) is 2.46. The van der Waals surface area contributed by atoms with Crippen molar-refractivity contribution in [1.82, 2.24) is 20.2 Å². The lowest BCUT2D eigenvalue weighted by Crippen LogP contribution is -2.12. The van der Waals surface area contributed by atoms with Crippen LogP contribution in [0.3, 0.4) is 0 Å². The molecule has 7 nitrogen and oxygen atoms in total. The Kier molecular flexibility index (Phi) is 6.69. The maximum Gasteiger partial charge on any atom is 0.321 e. The van der Waals surface area contributed by atoms with Crippen LogP contribution >= 0.6 is 23.5 Å². The molecule has 0 spiro atoms. The normalized spacial score (nSPS) is 10.9. The number of rotatable bonds is 7. The van der Waals surface area contributed by atoms with Gasteiger partial charge >= 0.3 is 5.97 Å². The third-order valence-corrected chi connectivity index (χ3v) is 5.30. The molecule has 3 aromatic rings. The van der Waals surface area contributed by atoms with Gasteiger partial charge in [-0.2, -0.15) is 0 Å². The van der Waals surface area contributed by atoms with Crippen LogP contribution in [0.5, 0.6) is 5.75 Å². The third-order valence-electron chi connectivity index (χ3n) is 3.67. The van der Waals surface area contributed by atoms with Crippen LogP contribution in [0.25, 0.3) is 0 Å². The first-order valence-corrected chi connectivity index (χ1v) is 10.5. The summed E-state index contributed by atoms with van der Waals surface area (Å²) < 4.78 is 11.0. The highest BCUT2D eigenvalue weighted by atomic mass is 32.2. The van der Waals surface area contributed by atoms with Crippen LogP contribution in [0, 0.1) is 27.7 Å². The van der Waals surface area contributed by atoms with Crippen molar-refractivity contribution in [2.75, 3.05) is 5.75 Å². The summed E-state index contributed by atoms with van der Waals surface area (Å²) in [5.41, 5.74) is 3.67. The van der Waals surface area contributed by atoms with Crippen LogP contribution in [0.15, 0.2) is 39.1 Å². The highest BCUT2D eigenvalue weighted by Crippen LogP contribution is 2.25. The van der Waals surface area contributed by atoms with Gasteiger partial charge in [0.2, 0.25) is 5.89 Å². The van der Waals surface area contributed by atoms with Gasteiger partial charge < -0.3 is 9.15 Å². The second kappa shape index (κ2) is 9.20. The molecule has 0 atom stereocenters. The first-order chi connectivity index (χ1) is 13.4. The highest BCUT2D eigenvalue weighted by molar-refractivity contribution is 7.99. The molecule has 1 aromatic carbocycles. The number of aromatic nitrogens is 4. The standard InChI is InChI=1S/C19H20N4O3S2/c1-11-6-5-7-12(2)17(11)26-16(24)10-28-19-23-22-15(25-19)9-27-18-20-13(3)8-14(4)21-18/h5-8H,9-10H2,1-4H3. The lowest BCUT2D eigenvalue weighted by Gasteiger charge is -2.09. The Hall–Kier alpha value is -2.39. The fraction of sp³-hybridized carbons (Fsp3) is 0.316. The van der Waals surface area contributed by atoms with Crippen molar-refractivity contribution in [3.63, 3.8) is 0 Å². The number of hydrogen-bond acceptors (Lipinski definition) is 9. The number of thioether (sulfide) groups is 2. The van der Waals surface area contributed by atoms with E-state index in [2.05, 4.69) is 20.2 Å². The Bertz CT molecular complexity index is 951. The molecule has 28 heavy (non-hydrogen) atoms. The molecule has 0 radical (unpaired) electrons.